The van der Waals surface area contributed by atoms with Crippen molar-refractivity contribution in [2.24, 2.45) is 0 Å². The summed E-state index contributed by atoms with van der Waals surface area (Å²) in [7, 11) is -3.30. The number of imidazole rings is 1. The first-order valence-electron chi connectivity index (χ1n) is 13.4. The molecule has 5 aromatic rings. The Kier molecular flexibility index (Phi) is 6.64. The maximum Gasteiger partial charge on any atom is 0.235 e. The predicted octanol–water partition coefficient (Wildman–Crippen LogP) is 5.12. The van der Waals surface area contributed by atoms with E-state index in [-0.39, 0.29) is 5.75 Å². The molecule has 10 heteroatoms. The third-order valence-corrected chi connectivity index (χ3v) is 9.22. The first kappa shape index (κ1) is 25.2. The van der Waals surface area contributed by atoms with Crippen molar-refractivity contribution in [1.29, 1.82) is 0 Å². The van der Waals surface area contributed by atoms with Gasteiger partial charge in [0.15, 0.2) is 5.82 Å². The maximum absolute atomic E-state index is 12.9. The lowest BCUT2D eigenvalue weighted by Gasteiger charge is -2.28. The van der Waals surface area contributed by atoms with Crippen LogP contribution in [-0.4, -0.2) is 50.9 Å². The fourth-order valence-electron chi connectivity index (χ4n) is 5.42. The molecule has 0 saturated carbocycles. The molecule has 0 aliphatic carbocycles. The lowest BCUT2D eigenvalue weighted by molar-refractivity contribution is 0.574. The molecule has 200 valence electrons. The summed E-state index contributed by atoms with van der Waals surface area (Å²) in [6, 6.07) is 20.5. The van der Waals surface area contributed by atoms with Gasteiger partial charge in [0.05, 0.1) is 22.5 Å². The molecule has 0 atom stereocenters. The quantitative estimate of drug-likeness (QED) is 0.306. The van der Waals surface area contributed by atoms with Crippen LogP contribution in [-0.2, 0) is 23.0 Å². The van der Waals surface area contributed by atoms with Crippen molar-refractivity contribution in [3.05, 3.63) is 77.6 Å². The summed E-state index contributed by atoms with van der Waals surface area (Å²) >= 11 is 0. The molecule has 0 amide bonds. The highest BCUT2D eigenvalue weighted by molar-refractivity contribution is 7.92. The predicted molar refractivity (Wildman–Crippen MR) is 153 cm³/mol. The standard InChI is InChI=1S/C29H31N7O2S/c1-3-8-27-30-28-20(2)17-23(36-15-6-7-16-39(36,37)38)18-26(28)35(27)19-21-11-13-22(14-12-21)24-9-4-5-10-25(24)29-31-33-34-32-29/h4-5,9-14,17-18H,3,6-8,15-16,19H2,1-2H3,(H,31,32,33,34). The number of fused-ring (bicyclic) bond motifs is 1. The molecule has 1 aliphatic heterocycles. The van der Waals surface area contributed by atoms with Crippen molar-refractivity contribution in [1.82, 2.24) is 30.2 Å². The van der Waals surface area contributed by atoms with Crippen LogP contribution in [0.5, 0.6) is 0 Å². The topological polar surface area (TPSA) is 110 Å². The Morgan fingerprint density at radius 3 is 2.51 bits per heavy atom. The largest absolute Gasteiger partial charge is 0.323 e. The summed E-state index contributed by atoms with van der Waals surface area (Å²) in [5.41, 5.74) is 7.84. The molecular formula is C29H31N7O2S. The van der Waals surface area contributed by atoms with E-state index in [1.807, 2.05) is 37.3 Å². The number of anilines is 1. The Hall–Kier alpha value is -4.05. The minimum absolute atomic E-state index is 0.201. The van der Waals surface area contributed by atoms with E-state index in [9.17, 15) is 8.42 Å². The first-order chi connectivity index (χ1) is 18.9. The van der Waals surface area contributed by atoms with Gasteiger partial charge in [-0.3, -0.25) is 4.31 Å². The average Bonchev–Trinajstić information content (AvgIpc) is 3.59. The summed E-state index contributed by atoms with van der Waals surface area (Å²) < 4.78 is 29.5. The Balaban J connectivity index is 1.37. The number of hydrogen-bond acceptors (Lipinski definition) is 6. The van der Waals surface area contributed by atoms with E-state index in [2.05, 4.69) is 62.4 Å². The molecule has 1 N–H and O–H groups in total. The summed E-state index contributed by atoms with van der Waals surface area (Å²) in [6.45, 7) is 5.34. The number of sulfonamides is 1. The second kappa shape index (κ2) is 10.3. The van der Waals surface area contributed by atoms with E-state index in [4.69, 9.17) is 4.98 Å². The van der Waals surface area contributed by atoms with E-state index in [0.717, 1.165) is 69.6 Å². The number of nitrogens with one attached hydrogen (secondary N) is 1. The summed E-state index contributed by atoms with van der Waals surface area (Å²) in [4.78, 5) is 5.00. The maximum atomic E-state index is 12.9. The minimum atomic E-state index is -3.30. The highest BCUT2D eigenvalue weighted by atomic mass is 32.2. The highest BCUT2D eigenvalue weighted by Gasteiger charge is 2.27. The van der Waals surface area contributed by atoms with Crippen molar-refractivity contribution in [3.8, 4) is 22.5 Å². The average molecular weight is 542 g/mol. The number of rotatable bonds is 7. The zero-order chi connectivity index (χ0) is 27.0. The lowest BCUT2D eigenvalue weighted by Crippen LogP contribution is -2.37. The van der Waals surface area contributed by atoms with Gasteiger partial charge in [-0.15, -0.1) is 5.10 Å². The van der Waals surface area contributed by atoms with Gasteiger partial charge in [-0.05, 0) is 71.0 Å². The third kappa shape index (κ3) is 4.80. The van der Waals surface area contributed by atoms with E-state index in [1.54, 1.807) is 4.31 Å². The molecule has 2 aromatic heterocycles. The van der Waals surface area contributed by atoms with Gasteiger partial charge in [0, 0.05) is 25.1 Å². The van der Waals surface area contributed by atoms with Gasteiger partial charge < -0.3 is 4.57 Å². The zero-order valence-electron chi connectivity index (χ0n) is 22.1. The van der Waals surface area contributed by atoms with Gasteiger partial charge in [0.2, 0.25) is 10.0 Å². The van der Waals surface area contributed by atoms with Crippen molar-refractivity contribution in [2.45, 2.75) is 46.1 Å². The number of aromatic amines is 1. The van der Waals surface area contributed by atoms with E-state index < -0.39 is 10.0 Å². The van der Waals surface area contributed by atoms with Crippen LogP contribution in [0.1, 0.15) is 43.1 Å². The number of aromatic nitrogens is 6. The fraction of sp³-hybridized carbons (Fsp3) is 0.310. The smallest absolute Gasteiger partial charge is 0.235 e. The summed E-state index contributed by atoms with van der Waals surface area (Å²) in [5, 5.41) is 14.4. The number of aryl methyl sites for hydroxylation is 2. The SMILES string of the molecule is CCCc1nc2c(C)cc(N3CCCCS3(=O)=O)cc2n1Cc1ccc(-c2ccccc2-c2nnn[nH]2)cc1. The normalized spacial score (nSPS) is 15.2. The van der Waals surface area contributed by atoms with Gasteiger partial charge in [0.25, 0.3) is 0 Å². The van der Waals surface area contributed by atoms with Crippen LogP contribution in [0.3, 0.4) is 0 Å². The van der Waals surface area contributed by atoms with Crippen molar-refractivity contribution < 1.29 is 8.42 Å². The molecule has 1 saturated heterocycles. The second-order valence-corrected chi connectivity index (χ2v) is 12.1. The molecular weight excluding hydrogens is 510 g/mol. The van der Waals surface area contributed by atoms with Crippen molar-refractivity contribution >= 4 is 26.7 Å². The Labute approximate surface area is 227 Å². The van der Waals surface area contributed by atoms with Gasteiger partial charge >= 0.3 is 0 Å². The van der Waals surface area contributed by atoms with E-state index in [0.29, 0.717) is 25.3 Å². The molecule has 9 nitrogen and oxygen atoms in total. The van der Waals surface area contributed by atoms with Crippen molar-refractivity contribution in [2.75, 3.05) is 16.6 Å². The number of benzene rings is 3. The molecule has 3 aromatic carbocycles. The highest BCUT2D eigenvalue weighted by Crippen LogP contribution is 2.32. The van der Waals surface area contributed by atoms with Crippen LogP contribution in [0.2, 0.25) is 0 Å². The Morgan fingerprint density at radius 2 is 1.79 bits per heavy atom. The van der Waals surface area contributed by atoms with Crippen LogP contribution >= 0.6 is 0 Å². The molecule has 39 heavy (non-hydrogen) atoms. The van der Waals surface area contributed by atoms with Gasteiger partial charge in [-0.25, -0.2) is 18.5 Å². The number of nitrogens with zero attached hydrogens (tertiary/aromatic N) is 6. The summed E-state index contributed by atoms with van der Waals surface area (Å²) in [6.07, 6.45) is 3.41. The molecule has 0 radical (unpaired) electrons. The van der Waals surface area contributed by atoms with Crippen molar-refractivity contribution in [3.63, 3.8) is 0 Å². The number of tetrazole rings is 1. The molecule has 3 heterocycles. The summed E-state index contributed by atoms with van der Waals surface area (Å²) in [5.74, 6) is 1.85. The van der Waals surface area contributed by atoms with Crippen LogP contribution < -0.4 is 4.31 Å². The third-order valence-electron chi connectivity index (χ3n) is 7.35. The molecule has 0 spiro atoms. The van der Waals surface area contributed by atoms with Crippen LogP contribution in [0, 0.1) is 6.92 Å². The van der Waals surface area contributed by atoms with Crippen LogP contribution in [0.25, 0.3) is 33.5 Å². The molecule has 1 aliphatic rings. The minimum Gasteiger partial charge on any atom is -0.323 e. The van der Waals surface area contributed by atoms with Crippen LogP contribution in [0.15, 0.2) is 60.7 Å². The molecule has 6 rings (SSSR count). The fourth-order valence-corrected chi connectivity index (χ4v) is 7.05. The molecule has 0 unspecified atom stereocenters. The molecule has 0 bridgehead atoms. The van der Waals surface area contributed by atoms with Gasteiger partial charge in [0.1, 0.15) is 5.82 Å². The van der Waals surface area contributed by atoms with E-state index >= 15 is 0 Å². The zero-order valence-corrected chi connectivity index (χ0v) is 22.9. The van der Waals surface area contributed by atoms with Gasteiger partial charge in [-0.1, -0.05) is 55.5 Å². The molecule has 1 fully saturated rings. The Bertz CT molecular complexity index is 1730. The van der Waals surface area contributed by atoms with Crippen LogP contribution in [0.4, 0.5) is 5.69 Å². The van der Waals surface area contributed by atoms with E-state index in [1.165, 1.54) is 0 Å². The second-order valence-electron chi connectivity index (χ2n) is 10.1. The first-order valence-corrected chi connectivity index (χ1v) is 15.0. The number of H-pyrrole nitrogens is 1. The van der Waals surface area contributed by atoms with Gasteiger partial charge in [-0.2, -0.15) is 0 Å². The monoisotopic (exact) mass is 541 g/mol. The Morgan fingerprint density at radius 1 is 1.00 bits per heavy atom. The number of hydrogen-bond donors (Lipinski definition) is 1. The lowest BCUT2D eigenvalue weighted by atomic mass is 9.98.